The van der Waals surface area contributed by atoms with Gasteiger partial charge in [0.15, 0.2) is 5.65 Å². The number of aliphatic hydroxyl groups is 1. The van der Waals surface area contributed by atoms with Crippen LogP contribution in [0.5, 0.6) is 0 Å². The molecule has 3 aromatic heterocycles. The Hall–Kier alpha value is -4.03. The normalized spacial score (nSPS) is 13.6. The van der Waals surface area contributed by atoms with Crippen molar-refractivity contribution in [3.8, 4) is 5.69 Å². The average molecular weight is 542 g/mol. The van der Waals surface area contributed by atoms with Crippen LogP contribution in [0.4, 0.5) is 13.2 Å². The van der Waals surface area contributed by atoms with E-state index in [4.69, 9.17) is 0 Å². The van der Waals surface area contributed by atoms with Crippen molar-refractivity contribution in [3.05, 3.63) is 89.9 Å². The minimum Gasteiger partial charge on any atom is -0.395 e. The first-order chi connectivity index (χ1) is 18.1. The van der Waals surface area contributed by atoms with Crippen molar-refractivity contribution in [2.24, 2.45) is 11.4 Å². The van der Waals surface area contributed by atoms with Gasteiger partial charge in [-0.2, -0.15) is 22.6 Å². The molecule has 5 aromatic rings. The molecule has 0 fully saturated rings. The van der Waals surface area contributed by atoms with Crippen LogP contribution in [0.25, 0.3) is 27.6 Å². The van der Waals surface area contributed by atoms with Crippen LogP contribution in [0.2, 0.25) is 0 Å². The number of aromatic nitrogens is 4. The Morgan fingerprint density at radius 2 is 1.76 bits per heavy atom. The van der Waals surface area contributed by atoms with E-state index in [9.17, 15) is 27.3 Å². The molecule has 0 radical (unpaired) electrons. The second-order valence-electron chi connectivity index (χ2n) is 8.75. The monoisotopic (exact) mass is 541 g/mol. The molecule has 0 saturated heterocycles. The smallest absolute Gasteiger partial charge is 0.395 e. The predicted molar refractivity (Wildman–Crippen MR) is 137 cm³/mol. The van der Waals surface area contributed by atoms with Crippen LogP contribution in [0.1, 0.15) is 21.5 Å². The molecular formula is C26H22F3N5O3S. The summed E-state index contributed by atoms with van der Waals surface area (Å²) in [6.45, 7) is -0.397. The van der Waals surface area contributed by atoms with Crippen molar-refractivity contribution in [1.29, 1.82) is 0 Å². The Kier molecular flexibility index (Phi) is 6.53. The molecule has 0 bridgehead atoms. The molecule has 1 atom stereocenters. The van der Waals surface area contributed by atoms with E-state index in [1.54, 1.807) is 59.2 Å². The topological polar surface area (TPSA) is 102 Å². The number of aliphatic hydroxyl groups excluding tert-OH is 1. The molecule has 3 heterocycles. The summed E-state index contributed by atoms with van der Waals surface area (Å²) >= 11 is 0. The average Bonchev–Trinajstić information content (AvgIpc) is 3.38. The highest BCUT2D eigenvalue weighted by atomic mass is 32.2. The van der Waals surface area contributed by atoms with E-state index in [1.807, 2.05) is 0 Å². The van der Waals surface area contributed by atoms with Crippen molar-refractivity contribution in [1.82, 2.24) is 19.3 Å². The number of amides is 1. The van der Waals surface area contributed by atoms with E-state index in [0.29, 0.717) is 33.2 Å². The molecule has 38 heavy (non-hydrogen) atoms. The molecule has 0 spiro atoms. The van der Waals surface area contributed by atoms with E-state index in [1.165, 1.54) is 18.2 Å². The number of carbonyl (C=O) groups is 1. The van der Waals surface area contributed by atoms with Crippen molar-refractivity contribution in [2.75, 3.05) is 12.4 Å². The highest BCUT2D eigenvalue weighted by Crippen LogP contribution is 2.34. The summed E-state index contributed by atoms with van der Waals surface area (Å²) in [4.78, 5) is 17.1. The van der Waals surface area contributed by atoms with E-state index >= 15 is 0 Å². The maximum atomic E-state index is 13.4. The van der Waals surface area contributed by atoms with E-state index in [0.717, 1.165) is 12.1 Å². The summed E-state index contributed by atoms with van der Waals surface area (Å²) in [5.41, 5.74) is 1.72. The highest BCUT2D eigenvalue weighted by molar-refractivity contribution is 7.93. The zero-order chi connectivity index (χ0) is 27.1. The van der Waals surface area contributed by atoms with E-state index in [2.05, 4.69) is 14.4 Å². The van der Waals surface area contributed by atoms with E-state index in [-0.39, 0.29) is 17.1 Å². The van der Waals surface area contributed by atoms with Crippen molar-refractivity contribution < 1.29 is 27.3 Å². The first-order valence-electron chi connectivity index (χ1n) is 11.5. The van der Waals surface area contributed by atoms with Gasteiger partial charge in [-0.1, -0.05) is 0 Å². The van der Waals surface area contributed by atoms with Crippen molar-refractivity contribution in [2.45, 2.75) is 11.9 Å². The lowest BCUT2D eigenvalue weighted by Gasteiger charge is -2.10. The van der Waals surface area contributed by atoms with Gasteiger partial charge >= 0.3 is 6.18 Å². The molecular weight excluding hydrogens is 519 g/mol. The van der Waals surface area contributed by atoms with Crippen LogP contribution in [-0.4, -0.2) is 46.9 Å². The number of benzene rings is 2. The third-order valence-corrected chi connectivity index (χ3v) is 8.15. The maximum absolute atomic E-state index is 13.4. The number of hydrogen-bond acceptors (Lipinski definition) is 5. The standard InChI is InChI=1S/C26H22F3N5O3S/c1-33-15-22-21-14-18(25(36)32-38(37,13-12-35)16-17-8-10-30-11-9-17)2-7-23(21)34(24(22)31-33)20-5-3-19(4-6-20)26(27,28)29/h2-11,14-15,35H,12-13,16H2,1H3/t38-/m0/s1. The van der Waals surface area contributed by atoms with E-state index < -0.39 is 34.0 Å². The summed E-state index contributed by atoms with van der Waals surface area (Å²) in [5.74, 6) is -0.875. The molecule has 196 valence electrons. The van der Waals surface area contributed by atoms with Gasteiger partial charge in [0.2, 0.25) is 0 Å². The first kappa shape index (κ1) is 25.6. The Morgan fingerprint density at radius 1 is 1.05 bits per heavy atom. The van der Waals surface area contributed by atoms with Gasteiger partial charge < -0.3 is 5.11 Å². The molecule has 0 aliphatic rings. The Labute approximate surface area is 215 Å². The van der Waals surface area contributed by atoms with Gasteiger partial charge in [0.25, 0.3) is 5.91 Å². The van der Waals surface area contributed by atoms with Gasteiger partial charge in [0, 0.05) is 47.7 Å². The molecule has 2 aromatic carbocycles. The lowest BCUT2D eigenvalue weighted by molar-refractivity contribution is -0.137. The zero-order valence-electron chi connectivity index (χ0n) is 20.1. The van der Waals surface area contributed by atoms with Gasteiger partial charge in [-0.15, -0.1) is 0 Å². The van der Waals surface area contributed by atoms with Gasteiger partial charge in [-0.3, -0.25) is 19.0 Å². The number of aryl methyl sites for hydroxylation is 1. The van der Waals surface area contributed by atoms with Crippen LogP contribution in [0.3, 0.4) is 0 Å². The number of fused-ring (bicyclic) bond motifs is 3. The second-order valence-corrected chi connectivity index (χ2v) is 11.2. The molecule has 1 amide bonds. The number of pyridine rings is 1. The molecule has 5 rings (SSSR count). The largest absolute Gasteiger partial charge is 0.416 e. The minimum atomic E-state index is -4.46. The Balaban J connectivity index is 1.59. The molecule has 0 unspecified atom stereocenters. The number of carbonyl (C=O) groups excluding carboxylic acids is 1. The fourth-order valence-corrected chi connectivity index (χ4v) is 6.03. The predicted octanol–water partition coefficient (Wildman–Crippen LogP) is 4.73. The van der Waals surface area contributed by atoms with Gasteiger partial charge in [-0.25, -0.2) is 4.21 Å². The van der Waals surface area contributed by atoms with Crippen molar-refractivity contribution >= 4 is 37.6 Å². The summed E-state index contributed by atoms with van der Waals surface area (Å²) < 4.78 is 60.0. The third kappa shape index (κ3) is 4.92. The fourth-order valence-electron chi connectivity index (χ4n) is 4.32. The molecule has 8 nitrogen and oxygen atoms in total. The van der Waals surface area contributed by atoms with Crippen LogP contribution in [0, 0.1) is 0 Å². The number of nitrogens with zero attached hydrogens (tertiary/aromatic N) is 5. The lowest BCUT2D eigenvalue weighted by atomic mass is 10.1. The number of halogens is 3. The molecule has 0 aliphatic carbocycles. The Morgan fingerprint density at radius 3 is 2.42 bits per heavy atom. The molecule has 0 saturated carbocycles. The zero-order valence-corrected chi connectivity index (χ0v) is 20.9. The number of rotatable bonds is 6. The van der Waals surface area contributed by atoms with Crippen LogP contribution in [0.15, 0.2) is 77.6 Å². The minimum absolute atomic E-state index is 0.0127. The first-order valence-corrected chi connectivity index (χ1v) is 13.4. The fraction of sp³-hybridized carbons (Fsp3) is 0.192. The summed E-state index contributed by atoms with van der Waals surface area (Å²) in [5, 5.41) is 15.3. The third-order valence-electron chi connectivity index (χ3n) is 6.05. The Bertz CT molecular complexity index is 1770. The number of alkyl halides is 3. The summed E-state index contributed by atoms with van der Waals surface area (Å²) in [6, 6.07) is 12.9. The van der Waals surface area contributed by atoms with Gasteiger partial charge in [0.05, 0.1) is 38.9 Å². The summed E-state index contributed by atoms with van der Waals surface area (Å²) in [7, 11) is -1.38. The second kappa shape index (κ2) is 9.69. The van der Waals surface area contributed by atoms with Gasteiger partial charge in [0.1, 0.15) is 0 Å². The summed E-state index contributed by atoms with van der Waals surface area (Å²) in [6.07, 6.45) is 0.388. The van der Waals surface area contributed by atoms with Crippen LogP contribution in [-0.2, 0) is 28.7 Å². The SMILES string of the molecule is Cn1cc2c3cc(C(=O)N=[S@](=O)(CCO)Cc4ccncc4)ccc3n(-c3ccc(C(F)(F)F)cc3)c2n1. The lowest BCUT2D eigenvalue weighted by Crippen LogP contribution is -2.15. The number of hydrogen-bond donors (Lipinski definition) is 1. The molecule has 12 heteroatoms. The molecule has 0 aliphatic heterocycles. The maximum Gasteiger partial charge on any atom is 0.416 e. The highest BCUT2D eigenvalue weighted by Gasteiger charge is 2.30. The van der Waals surface area contributed by atoms with Crippen LogP contribution >= 0.6 is 0 Å². The van der Waals surface area contributed by atoms with Crippen molar-refractivity contribution in [3.63, 3.8) is 0 Å². The van der Waals surface area contributed by atoms with Crippen LogP contribution < -0.4 is 0 Å². The quantitative estimate of drug-likeness (QED) is 0.335. The molecule has 1 N–H and O–H groups in total. The van der Waals surface area contributed by atoms with Gasteiger partial charge in [-0.05, 0) is 60.2 Å².